The second kappa shape index (κ2) is 10.9. The first kappa shape index (κ1) is 22.0. The molecule has 3 rings (SSSR count). The molecule has 0 radical (unpaired) electrons. The predicted molar refractivity (Wildman–Crippen MR) is 112 cm³/mol. The molecule has 1 atom stereocenters. The highest BCUT2D eigenvalue weighted by atomic mass is 35.5. The van der Waals surface area contributed by atoms with Crippen LogP contribution in [0.1, 0.15) is 11.1 Å². The van der Waals surface area contributed by atoms with Gasteiger partial charge in [-0.3, -0.25) is 9.80 Å². The summed E-state index contributed by atoms with van der Waals surface area (Å²) in [6.07, 6.45) is -0.548. The summed E-state index contributed by atoms with van der Waals surface area (Å²) in [7, 11) is 1.63. The van der Waals surface area contributed by atoms with E-state index in [0.717, 1.165) is 37.5 Å². The van der Waals surface area contributed by atoms with Crippen molar-refractivity contribution in [1.82, 2.24) is 9.80 Å². The number of rotatable bonds is 9. The van der Waals surface area contributed by atoms with Crippen molar-refractivity contribution in [3.63, 3.8) is 0 Å². The van der Waals surface area contributed by atoms with Crippen LogP contribution in [0.5, 0.6) is 5.75 Å². The molecular formula is C22H28ClFN2O3. The van der Waals surface area contributed by atoms with E-state index in [4.69, 9.17) is 21.1 Å². The number of benzene rings is 2. The highest BCUT2D eigenvalue weighted by Gasteiger charge is 2.21. The van der Waals surface area contributed by atoms with Crippen LogP contribution in [-0.2, 0) is 17.9 Å². The van der Waals surface area contributed by atoms with Crippen LogP contribution in [0.15, 0.2) is 42.5 Å². The molecule has 1 saturated heterocycles. The monoisotopic (exact) mass is 422 g/mol. The third-order valence-electron chi connectivity index (χ3n) is 5.09. The molecule has 158 valence electrons. The molecule has 0 bridgehead atoms. The normalized spacial score (nSPS) is 16.7. The number of hydrogen-bond acceptors (Lipinski definition) is 5. The maximum absolute atomic E-state index is 14.0. The van der Waals surface area contributed by atoms with E-state index >= 15 is 0 Å². The molecule has 0 saturated carbocycles. The Morgan fingerprint density at radius 1 is 1.10 bits per heavy atom. The zero-order valence-electron chi connectivity index (χ0n) is 16.7. The smallest absolute Gasteiger partial charge is 0.129 e. The number of methoxy groups -OCH3 is 1. The van der Waals surface area contributed by atoms with Gasteiger partial charge >= 0.3 is 0 Å². The summed E-state index contributed by atoms with van der Waals surface area (Å²) >= 11 is 6.12. The molecule has 29 heavy (non-hydrogen) atoms. The summed E-state index contributed by atoms with van der Waals surface area (Å²) in [6.45, 7) is 5.04. The Kier molecular flexibility index (Phi) is 8.27. The van der Waals surface area contributed by atoms with E-state index in [1.54, 1.807) is 19.2 Å². The van der Waals surface area contributed by atoms with Crippen molar-refractivity contribution in [2.75, 3.05) is 46.4 Å². The van der Waals surface area contributed by atoms with Gasteiger partial charge in [-0.05, 0) is 29.8 Å². The Balaban J connectivity index is 1.36. The summed E-state index contributed by atoms with van der Waals surface area (Å²) in [4.78, 5) is 4.39. The van der Waals surface area contributed by atoms with Crippen LogP contribution in [0.2, 0.25) is 5.02 Å². The molecular weight excluding hydrogens is 395 g/mol. The third kappa shape index (κ3) is 6.66. The molecule has 5 nitrogen and oxygen atoms in total. The lowest BCUT2D eigenvalue weighted by Crippen LogP contribution is -2.48. The molecule has 1 aliphatic rings. The summed E-state index contributed by atoms with van der Waals surface area (Å²) in [6, 6.07) is 12.5. The maximum Gasteiger partial charge on any atom is 0.129 e. The Hall–Kier alpha value is -1.70. The van der Waals surface area contributed by atoms with Crippen molar-refractivity contribution in [3.8, 4) is 5.75 Å². The van der Waals surface area contributed by atoms with E-state index in [9.17, 15) is 9.50 Å². The summed E-state index contributed by atoms with van der Waals surface area (Å²) < 4.78 is 24.8. The number of nitrogens with zero attached hydrogens (tertiary/aromatic N) is 2. The fourth-order valence-corrected chi connectivity index (χ4v) is 3.69. The van der Waals surface area contributed by atoms with Gasteiger partial charge in [-0.15, -0.1) is 0 Å². The highest BCUT2D eigenvalue weighted by molar-refractivity contribution is 6.31. The zero-order valence-corrected chi connectivity index (χ0v) is 17.4. The highest BCUT2D eigenvalue weighted by Crippen LogP contribution is 2.21. The Morgan fingerprint density at radius 2 is 1.83 bits per heavy atom. The summed E-state index contributed by atoms with van der Waals surface area (Å²) in [5, 5.41) is 10.8. The third-order valence-corrected chi connectivity index (χ3v) is 5.44. The molecule has 1 heterocycles. The first-order valence-corrected chi connectivity index (χ1v) is 10.2. The van der Waals surface area contributed by atoms with Gasteiger partial charge < -0.3 is 14.6 Å². The van der Waals surface area contributed by atoms with Crippen molar-refractivity contribution in [3.05, 3.63) is 64.4 Å². The molecule has 0 spiro atoms. The largest absolute Gasteiger partial charge is 0.497 e. The minimum Gasteiger partial charge on any atom is -0.497 e. The van der Waals surface area contributed by atoms with Crippen molar-refractivity contribution in [2.45, 2.75) is 19.3 Å². The van der Waals surface area contributed by atoms with Gasteiger partial charge in [-0.1, -0.05) is 29.8 Å². The topological polar surface area (TPSA) is 45.2 Å². The summed E-state index contributed by atoms with van der Waals surface area (Å²) in [5.41, 5.74) is 1.56. The number of hydrogen-bond donors (Lipinski definition) is 1. The lowest BCUT2D eigenvalue weighted by Gasteiger charge is -2.35. The standard InChI is InChI=1S/C22H28ClFN2O3/c1-28-19-5-2-4-17(12-19)15-29-16-18(27)13-25-8-10-26(11-9-25)14-20-21(23)6-3-7-22(20)24/h2-7,12,18,27H,8-11,13-16H2,1H3. The van der Waals surface area contributed by atoms with Crippen LogP contribution < -0.4 is 4.74 Å². The molecule has 1 N–H and O–H groups in total. The van der Waals surface area contributed by atoms with Gasteiger partial charge in [-0.2, -0.15) is 0 Å². The number of aliphatic hydroxyl groups is 1. The average Bonchev–Trinajstić information content (AvgIpc) is 2.72. The number of halogens is 2. The number of piperazine rings is 1. The molecule has 1 aliphatic heterocycles. The summed E-state index contributed by atoms with van der Waals surface area (Å²) in [5.74, 6) is 0.532. The van der Waals surface area contributed by atoms with Gasteiger partial charge in [0.1, 0.15) is 11.6 Å². The lowest BCUT2D eigenvalue weighted by molar-refractivity contribution is 0.000796. The van der Waals surface area contributed by atoms with Crippen LogP contribution in [0.25, 0.3) is 0 Å². The maximum atomic E-state index is 14.0. The quantitative estimate of drug-likeness (QED) is 0.672. The molecule has 7 heteroatoms. The number of aliphatic hydroxyl groups excluding tert-OH is 1. The zero-order chi connectivity index (χ0) is 20.6. The van der Waals surface area contributed by atoms with Crippen LogP contribution in [0, 0.1) is 5.82 Å². The Labute approximate surface area is 176 Å². The Bertz CT molecular complexity index is 764. The minimum atomic E-state index is -0.548. The van der Waals surface area contributed by atoms with E-state index in [2.05, 4.69) is 9.80 Å². The van der Waals surface area contributed by atoms with Gasteiger partial charge in [0.05, 0.1) is 26.4 Å². The molecule has 1 unspecified atom stereocenters. The average molecular weight is 423 g/mol. The minimum absolute atomic E-state index is 0.261. The first-order chi connectivity index (χ1) is 14.0. The van der Waals surface area contributed by atoms with E-state index in [0.29, 0.717) is 30.3 Å². The van der Waals surface area contributed by atoms with E-state index < -0.39 is 6.10 Å². The lowest BCUT2D eigenvalue weighted by atomic mass is 10.1. The van der Waals surface area contributed by atoms with Gasteiger partial charge in [0, 0.05) is 49.9 Å². The fraction of sp³-hybridized carbons (Fsp3) is 0.455. The second-order valence-electron chi connectivity index (χ2n) is 7.30. The molecule has 0 aromatic heterocycles. The van der Waals surface area contributed by atoms with Crippen molar-refractivity contribution < 1.29 is 19.0 Å². The van der Waals surface area contributed by atoms with Crippen LogP contribution >= 0.6 is 11.6 Å². The number of ether oxygens (including phenoxy) is 2. The van der Waals surface area contributed by atoms with E-state index in [-0.39, 0.29) is 12.4 Å². The molecule has 2 aromatic carbocycles. The first-order valence-electron chi connectivity index (χ1n) is 9.81. The molecule has 1 fully saturated rings. The fourth-order valence-electron chi connectivity index (χ4n) is 3.46. The van der Waals surface area contributed by atoms with Gasteiger partial charge in [0.25, 0.3) is 0 Å². The van der Waals surface area contributed by atoms with Crippen LogP contribution in [-0.4, -0.2) is 67.5 Å². The predicted octanol–water partition coefficient (Wildman–Crippen LogP) is 3.18. The second-order valence-corrected chi connectivity index (χ2v) is 7.70. The van der Waals surface area contributed by atoms with E-state index in [1.807, 2.05) is 24.3 Å². The molecule has 2 aromatic rings. The van der Waals surface area contributed by atoms with Crippen LogP contribution in [0.3, 0.4) is 0 Å². The van der Waals surface area contributed by atoms with Gasteiger partial charge in [0.15, 0.2) is 0 Å². The van der Waals surface area contributed by atoms with Crippen molar-refractivity contribution in [2.24, 2.45) is 0 Å². The van der Waals surface area contributed by atoms with Gasteiger partial charge in [-0.25, -0.2) is 4.39 Å². The molecule has 0 aliphatic carbocycles. The van der Waals surface area contributed by atoms with Crippen molar-refractivity contribution in [1.29, 1.82) is 0 Å². The SMILES string of the molecule is COc1cccc(COCC(O)CN2CCN(Cc3c(F)cccc3Cl)CC2)c1. The van der Waals surface area contributed by atoms with Crippen molar-refractivity contribution >= 4 is 11.6 Å². The molecule has 0 amide bonds. The van der Waals surface area contributed by atoms with Gasteiger partial charge in [0.2, 0.25) is 0 Å². The van der Waals surface area contributed by atoms with E-state index in [1.165, 1.54) is 6.07 Å². The number of β-amino-alcohol motifs (C(OH)–C–C–N with tert-alkyl or cyclic N) is 1. The Morgan fingerprint density at radius 3 is 2.55 bits per heavy atom. The van der Waals surface area contributed by atoms with Crippen LogP contribution in [0.4, 0.5) is 4.39 Å².